The molecule has 2 N–H and O–H groups in total. The van der Waals surface area contributed by atoms with Crippen molar-refractivity contribution in [2.24, 2.45) is 0 Å². The summed E-state index contributed by atoms with van der Waals surface area (Å²) in [6, 6.07) is 3.85. The number of rotatable bonds is 3. The largest absolute Gasteiger partial charge is 0.398 e. The lowest BCUT2D eigenvalue weighted by atomic mass is 9.99. The Morgan fingerprint density at radius 2 is 2.22 bits per heavy atom. The van der Waals surface area contributed by atoms with Crippen LogP contribution in [0.25, 0.3) is 0 Å². The minimum atomic E-state index is 0.221. The van der Waals surface area contributed by atoms with Crippen molar-refractivity contribution >= 4 is 17.3 Å². The quantitative estimate of drug-likeness (QED) is 0.656. The van der Waals surface area contributed by atoms with Crippen molar-refractivity contribution in [2.45, 2.75) is 32.6 Å². The van der Waals surface area contributed by atoms with Crippen LogP contribution in [0.15, 0.2) is 24.8 Å². The second kappa shape index (κ2) is 5.25. The zero-order chi connectivity index (χ0) is 13.1. The van der Waals surface area contributed by atoms with Crippen LogP contribution in [0.3, 0.4) is 0 Å². The number of allylic oxidation sites excluding steroid dienone is 1. The van der Waals surface area contributed by atoms with Crippen LogP contribution in [0.2, 0.25) is 0 Å². The molecule has 0 radical (unpaired) electrons. The third-order valence-electron chi connectivity index (χ3n) is 3.57. The van der Waals surface area contributed by atoms with E-state index in [0.29, 0.717) is 6.42 Å². The van der Waals surface area contributed by atoms with Crippen LogP contribution >= 0.6 is 0 Å². The zero-order valence-corrected chi connectivity index (χ0v) is 10.9. The molecule has 3 nitrogen and oxygen atoms in total. The molecule has 1 aromatic carbocycles. The Labute approximate surface area is 108 Å². The molecule has 0 atom stereocenters. The highest BCUT2D eigenvalue weighted by atomic mass is 16.2. The molecule has 3 heteroatoms. The van der Waals surface area contributed by atoms with Gasteiger partial charge in [-0.3, -0.25) is 4.79 Å². The van der Waals surface area contributed by atoms with Crippen LogP contribution in [-0.4, -0.2) is 12.5 Å². The van der Waals surface area contributed by atoms with Gasteiger partial charge in [0.25, 0.3) is 0 Å². The van der Waals surface area contributed by atoms with Crippen molar-refractivity contribution in [2.75, 3.05) is 17.2 Å². The number of hydrogen-bond acceptors (Lipinski definition) is 2. The van der Waals surface area contributed by atoms with Crippen LogP contribution in [0.1, 0.15) is 30.4 Å². The fourth-order valence-corrected chi connectivity index (χ4v) is 2.53. The van der Waals surface area contributed by atoms with Gasteiger partial charge in [0.15, 0.2) is 0 Å². The van der Waals surface area contributed by atoms with Gasteiger partial charge in [-0.25, -0.2) is 0 Å². The summed E-state index contributed by atoms with van der Waals surface area (Å²) < 4.78 is 0. The van der Waals surface area contributed by atoms with E-state index in [1.54, 1.807) is 0 Å². The Morgan fingerprint density at radius 1 is 1.44 bits per heavy atom. The Morgan fingerprint density at radius 3 is 2.89 bits per heavy atom. The molecule has 0 unspecified atom stereocenters. The number of hydrogen-bond donors (Lipinski definition) is 1. The average Bonchev–Trinajstić information content (AvgIpc) is 2.36. The normalized spacial score (nSPS) is 15.8. The Bertz CT molecular complexity index is 480. The van der Waals surface area contributed by atoms with Gasteiger partial charge in [-0.15, -0.1) is 6.58 Å². The van der Waals surface area contributed by atoms with E-state index >= 15 is 0 Å². The van der Waals surface area contributed by atoms with E-state index in [2.05, 4.69) is 6.58 Å². The van der Waals surface area contributed by atoms with E-state index in [0.717, 1.165) is 48.3 Å². The number of carbonyl (C=O) groups is 1. The molecule has 1 fully saturated rings. The van der Waals surface area contributed by atoms with Gasteiger partial charge in [0.1, 0.15) is 0 Å². The number of carbonyl (C=O) groups excluding carboxylic acids is 1. The number of anilines is 2. The maximum absolute atomic E-state index is 12.0. The first-order chi connectivity index (χ1) is 8.65. The van der Waals surface area contributed by atoms with Gasteiger partial charge in [0.05, 0.1) is 0 Å². The van der Waals surface area contributed by atoms with E-state index < -0.39 is 0 Å². The number of piperidine rings is 1. The molecule has 1 amide bonds. The summed E-state index contributed by atoms with van der Waals surface area (Å²) in [6.45, 7) is 6.61. The Hall–Kier alpha value is -1.77. The van der Waals surface area contributed by atoms with Crippen molar-refractivity contribution in [3.63, 3.8) is 0 Å². The second-order valence-electron chi connectivity index (χ2n) is 4.77. The minimum absolute atomic E-state index is 0.221. The summed E-state index contributed by atoms with van der Waals surface area (Å²) in [4.78, 5) is 13.9. The maximum atomic E-state index is 12.0. The molecule has 96 valence electrons. The fraction of sp³-hybridized carbons (Fsp3) is 0.400. The summed E-state index contributed by atoms with van der Waals surface area (Å²) in [6.07, 6.45) is 5.32. The molecule has 1 aliphatic rings. The summed E-state index contributed by atoms with van der Waals surface area (Å²) in [7, 11) is 0. The summed E-state index contributed by atoms with van der Waals surface area (Å²) in [5.41, 5.74) is 9.96. The first-order valence-electron chi connectivity index (χ1n) is 6.44. The maximum Gasteiger partial charge on any atom is 0.226 e. The SMILES string of the molecule is C=CCc1c(N)ccc(N2CCCCC2=O)c1C. The number of amides is 1. The molecule has 2 rings (SSSR count). The molecule has 0 aliphatic carbocycles. The minimum Gasteiger partial charge on any atom is -0.398 e. The molecule has 0 bridgehead atoms. The summed E-state index contributed by atoms with van der Waals surface area (Å²) >= 11 is 0. The second-order valence-corrected chi connectivity index (χ2v) is 4.77. The predicted molar refractivity (Wildman–Crippen MR) is 75.7 cm³/mol. The number of benzene rings is 1. The van der Waals surface area contributed by atoms with Crippen LogP contribution in [0.4, 0.5) is 11.4 Å². The highest BCUT2D eigenvalue weighted by molar-refractivity contribution is 5.95. The van der Waals surface area contributed by atoms with Crippen LogP contribution in [-0.2, 0) is 11.2 Å². The topological polar surface area (TPSA) is 46.3 Å². The lowest BCUT2D eigenvalue weighted by molar-refractivity contribution is -0.119. The predicted octanol–water partition coefficient (Wildman–Crippen LogP) is 2.82. The average molecular weight is 244 g/mol. The van der Waals surface area contributed by atoms with Crippen molar-refractivity contribution in [3.05, 3.63) is 35.9 Å². The first-order valence-corrected chi connectivity index (χ1v) is 6.44. The number of nitrogens with zero attached hydrogens (tertiary/aromatic N) is 1. The lowest BCUT2D eigenvalue weighted by Gasteiger charge is -2.29. The molecule has 1 aliphatic heterocycles. The highest BCUT2D eigenvalue weighted by Gasteiger charge is 2.22. The molecule has 18 heavy (non-hydrogen) atoms. The van der Waals surface area contributed by atoms with Gasteiger partial charge in [0.2, 0.25) is 5.91 Å². The molecule has 1 saturated heterocycles. The van der Waals surface area contributed by atoms with Gasteiger partial charge >= 0.3 is 0 Å². The van der Waals surface area contributed by atoms with Crippen LogP contribution < -0.4 is 10.6 Å². The monoisotopic (exact) mass is 244 g/mol. The number of nitrogens with two attached hydrogens (primary N) is 1. The van der Waals surface area contributed by atoms with Gasteiger partial charge in [0, 0.05) is 24.3 Å². The smallest absolute Gasteiger partial charge is 0.226 e. The van der Waals surface area contributed by atoms with E-state index in [1.165, 1.54) is 0 Å². The molecule has 0 aromatic heterocycles. The van der Waals surface area contributed by atoms with Gasteiger partial charge < -0.3 is 10.6 Å². The van der Waals surface area contributed by atoms with E-state index in [-0.39, 0.29) is 5.91 Å². The van der Waals surface area contributed by atoms with E-state index in [9.17, 15) is 4.79 Å². The third-order valence-corrected chi connectivity index (χ3v) is 3.57. The number of nitrogen functional groups attached to an aromatic ring is 1. The molecule has 1 heterocycles. The zero-order valence-electron chi connectivity index (χ0n) is 10.9. The lowest BCUT2D eigenvalue weighted by Crippen LogP contribution is -2.35. The molecular weight excluding hydrogens is 224 g/mol. The van der Waals surface area contributed by atoms with E-state index in [1.807, 2.05) is 30.0 Å². The van der Waals surface area contributed by atoms with Gasteiger partial charge in [-0.05, 0) is 49.4 Å². The Kier molecular flexibility index (Phi) is 3.70. The molecular formula is C15H20N2O. The van der Waals surface area contributed by atoms with Crippen LogP contribution in [0.5, 0.6) is 0 Å². The molecule has 0 spiro atoms. The highest BCUT2D eigenvalue weighted by Crippen LogP contribution is 2.30. The van der Waals surface area contributed by atoms with E-state index in [4.69, 9.17) is 5.73 Å². The first kappa shape index (κ1) is 12.7. The molecule has 1 aromatic rings. The van der Waals surface area contributed by atoms with Crippen molar-refractivity contribution in [3.8, 4) is 0 Å². The van der Waals surface area contributed by atoms with Crippen molar-refractivity contribution < 1.29 is 4.79 Å². The van der Waals surface area contributed by atoms with Gasteiger partial charge in [-0.2, -0.15) is 0 Å². The van der Waals surface area contributed by atoms with Gasteiger partial charge in [-0.1, -0.05) is 6.08 Å². The third kappa shape index (κ3) is 2.26. The van der Waals surface area contributed by atoms with Crippen molar-refractivity contribution in [1.29, 1.82) is 0 Å². The molecule has 0 saturated carbocycles. The summed E-state index contributed by atoms with van der Waals surface area (Å²) in [5, 5.41) is 0. The standard InChI is InChI=1S/C15H20N2O/c1-3-6-12-11(2)14(9-8-13(12)16)17-10-5-4-7-15(17)18/h3,8-9H,1,4-7,10,16H2,2H3. The van der Waals surface area contributed by atoms with Crippen molar-refractivity contribution in [1.82, 2.24) is 0 Å². The fourth-order valence-electron chi connectivity index (χ4n) is 2.53. The summed E-state index contributed by atoms with van der Waals surface area (Å²) in [5.74, 6) is 0.221. The Balaban J connectivity index is 2.41. The van der Waals surface area contributed by atoms with Crippen LogP contribution in [0, 0.1) is 6.92 Å².